The van der Waals surface area contributed by atoms with Gasteiger partial charge >= 0.3 is 5.97 Å². The molecule has 1 amide bonds. The van der Waals surface area contributed by atoms with E-state index in [2.05, 4.69) is 21.2 Å². The van der Waals surface area contributed by atoms with E-state index in [-0.39, 0.29) is 15.6 Å². The number of carboxylic acids is 1. The van der Waals surface area contributed by atoms with Crippen LogP contribution in [0, 0.1) is 11.6 Å². The van der Waals surface area contributed by atoms with Crippen LogP contribution in [0.25, 0.3) is 0 Å². The highest BCUT2D eigenvalue weighted by Gasteiger charge is 2.17. The van der Waals surface area contributed by atoms with Crippen LogP contribution in [0.1, 0.15) is 20.7 Å². The smallest absolute Gasteiger partial charge is 0.337 e. The topological polar surface area (TPSA) is 66.4 Å². The van der Waals surface area contributed by atoms with Crippen molar-refractivity contribution < 1.29 is 23.5 Å². The zero-order chi connectivity index (χ0) is 15.6. The Bertz CT molecular complexity index is 734. The van der Waals surface area contributed by atoms with E-state index in [1.54, 1.807) is 0 Å². The lowest BCUT2D eigenvalue weighted by Gasteiger charge is -2.09. The summed E-state index contributed by atoms with van der Waals surface area (Å²) in [6, 6.07) is 7.00. The number of amides is 1. The number of aromatic carboxylic acids is 1. The number of carbonyl (C=O) groups is 2. The van der Waals surface area contributed by atoms with E-state index in [0.29, 0.717) is 0 Å². The van der Waals surface area contributed by atoms with Crippen molar-refractivity contribution in [2.75, 3.05) is 5.32 Å². The number of hydrogen-bond donors (Lipinski definition) is 2. The van der Waals surface area contributed by atoms with Gasteiger partial charge in [0.05, 0.1) is 15.7 Å². The van der Waals surface area contributed by atoms with E-state index in [1.807, 2.05) is 0 Å². The third-order valence-electron chi connectivity index (χ3n) is 2.66. The van der Waals surface area contributed by atoms with Crippen molar-refractivity contribution in [2.24, 2.45) is 0 Å². The van der Waals surface area contributed by atoms with Crippen LogP contribution >= 0.6 is 15.9 Å². The molecule has 2 aromatic rings. The van der Waals surface area contributed by atoms with E-state index in [4.69, 9.17) is 5.11 Å². The minimum Gasteiger partial charge on any atom is -0.478 e. The van der Waals surface area contributed by atoms with Crippen molar-refractivity contribution in [3.8, 4) is 0 Å². The molecule has 21 heavy (non-hydrogen) atoms. The minimum absolute atomic E-state index is 0.0599. The average molecular weight is 356 g/mol. The quantitative estimate of drug-likeness (QED) is 0.882. The Labute approximate surface area is 126 Å². The van der Waals surface area contributed by atoms with E-state index >= 15 is 0 Å². The number of carbonyl (C=O) groups excluding carboxylic acids is 1. The molecular formula is C14H8BrF2NO3. The predicted molar refractivity (Wildman–Crippen MR) is 75.4 cm³/mol. The third-order valence-corrected chi connectivity index (χ3v) is 3.31. The fourth-order valence-electron chi connectivity index (χ4n) is 1.65. The first-order chi connectivity index (χ1) is 9.90. The predicted octanol–water partition coefficient (Wildman–Crippen LogP) is 3.68. The normalized spacial score (nSPS) is 10.2. The Kier molecular flexibility index (Phi) is 4.32. The number of hydrogen-bond acceptors (Lipinski definition) is 2. The molecule has 4 nitrogen and oxygen atoms in total. The molecule has 0 saturated carbocycles. The maximum absolute atomic E-state index is 13.7. The molecule has 108 valence electrons. The second-order valence-corrected chi connectivity index (χ2v) is 4.90. The molecule has 0 aliphatic carbocycles. The van der Waals surface area contributed by atoms with E-state index in [1.165, 1.54) is 18.2 Å². The summed E-state index contributed by atoms with van der Waals surface area (Å²) in [5.41, 5.74) is -0.908. The summed E-state index contributed by atoms with van der Waals surface area (Å²) in [6.07, 6.45) is 0. The van der Waals surface area contributed by atoms with Crippen molar-refractivity contribution in [1.29, 1.82) is 0 Å². The van der Waals surface area contributed by atoms with Crippen molar-refractivity contribution >= 4 is 33.5 Å². The summed E-state index contributed by atoms with van der Waals surface area (Å²) in [7, 11) is 0. The number of nitrogens with one attached hydrogen (secondary N) is 1. The van der Waals surface area contributed by atoms with Gasteiger partial charge in [0, 0.05) is 5.56 Å². The number of anilines is 1. The van der Waals surface area contributed by atoms with Crippen LogP contribution < -0.4 is 5.32 Å². The fraction of sp³-hybridized carbons (Fsp3) is 0. The molecule has 0 heterocycles. The maximum Gasteiger partial charge on any atom is 0.337 e. The van der Waals surface area contributed by atoms with Gasteiger partial charge in [0.1, 0.15) is 11.6 Å². The van der Waals surface area contributed by atoms with E-state index in [0.717, 1.165) is 18.2 Å². The highest BCUT2D eigenvalue weighted by Crippen LogP contribution is 2.22. The van der Waals surface area contributed by atoms with Crippen molar-refractivity contribution in [3.05, 3.63) is 63.6 Å². The molecule has 0 bridgehead atoms. The van der Waals surface area contributed by atoms with Crippen molar-refractivity contribution in [2.45, 2.75) is 0 Å². The number of carboxylic acid groups (broad SMARTS) is 1. The van der Waals surface area contributed by atoms with Crippen LogP contribution in [0.5, 0.6) is 0 Å². The number of para-hydroxylation sites is 1. The first kappa shape index (κ1) is 15.1. The Hall–Kier alpha value is -2.28. The molecule has 0 spiro atoms. The fourth-order valence-corrected chi connectivity index (χ4v) is 1.90. The van der Waals surface area contributed by atoms with Gasteiger partial charge in [-0.1, -0.05) is 6.07 Å². The van der Waals surface area contributed by atoms with Gasteiger partial charge in [0.25, 0.3) is 5.91 Å². The minimum atomic E-state index is -1.38. The Morgan fingerprint density at radius 1 is 1.10 bits per heavy atom. The first-order valence-electron chi connectivity index (χ1n) is 5.68. The van der Waals surface area contributed by atoms with Gasteiger partial charge in [0.2, 0.25) is 0 Å². The number of halogens is 3. The molecule has 0 radical (unpaired) electrons. The molecular weight excluding hydrogens is 348 g/mol. The number of benzene rings is 2. The van der Waals surface area contributed by atoms with Crippen LogP contribution in [-0.4, -0.2) is 17.0 Å². The molecule has 0 aromatic heterocycles. The average Bonchev–Trinajstić information content (AvgIpc) is 2.43. The van der Waals surface area contributed by atoms with E-state index in [9.17, 15) is 18.4 Å². The van der Waals surface area contributed by atoms with Gasteiger partial charge in [-0.25, -0.2) is 13.6 Å². The second-order valence-electron chi connectivity index (χ2n) is 4.05. The molecule has 0 unspecified atom stereocenters. The standard InChI is InChI=1S/C14H8BrF2NO3/c15-9-5-4-7(6-11(9)17)13(19)18-12-8(14(20)21)2-1-3-10(12)16/h1-6H,(H,18,19)(H,20,21). The zero-order valence-electron chi connectivity index (χ0n) is 10.4. The highest BCUT2D eigenvalue weighted by molar-refractivity contribution is 9.10. The summed E-state index contributed by atoms with van der Waals surface area (Å²) in [5.74, 6) is -3.74. The second kappa shape index (κ2) is 6.01. The van der Waals surface area contributed by atoms with Crippen molar-refractivity contribution in [3.63, 3.8) is 0 Å². The summed E-state index contributed by atoms with van der Waals surface area (Å²) >= 11 is 2.94. The third kappa shape index (κ3) is 3.25. The molecule has 0 fully saturated rings. The number of rotatable bonds is 3. The Morgan fingerprint density at radius 3 is 2.43 bits per heavy atom. The maximum atomic E-state index is 13.7. The van der Waals surface area contributed by atoms with Crippen LogP contribution in [-0.2, 0) is 0 Å². The zero-order valence-corrected chi connectivity index (χ0v) is 11.9. The summed E-state index contributed by atoms with van der Waals surface area (Å²) in [6.45, 7) is 0. The van der Waals surface area contributed by atoms with Gasteiger partial charge in [-0.2, -0.15) is 0 Å². The lowest BCUT2D eigenvalue weighted by Crippen LogP contribution is -2.16. The highest BCUT2D eigenvalue weighted by atomic mass is 79.9. The SMILES string of the molecule is O=C(Nc1c(F)cccc1C(=O)O)c1ccc(Br)c(F)c1. The lowest BCUT2D eigenvalue weighted by atomic mass is 10.1. The molecule has 0 atom stereocenters. The first-order valence-corrected chi connectivity index (χ1v) is 6.47. The Morgan fingerprint density at radius 2 is 1.81 bits per heavy atom. The van der Waals surface area contributed by atoms with Crippen LogP contribution in [0.4, 0.5) is 14.5 Å². The van der Waals surface area contributed by atoms with Gasteiger partial charge in [-0.05, 0) is 46.3 Å². The van der Waals surface area contributed by atoms with Crippen molar-refractivity contribution in [1.82, 2.24) is 0 Å². The largest absolute Gasteiger partial charge is 0.478 e. The Balaban J connectivity index is 2.36. The molecule has 0 saturated heterocycles. The van der Waals surface area contributed by atoms with Gasteiger partial charge in [-0.15, -0.1) is 0 Å². The van der Waals surface area contributed by atoms with Gasteiger partial charge < -0.3 is 10.4 Å². The van der Waals surface area contributed by atoms with Gasteiger partial charge in [0.15, 0.2) is 0 Å². The summed E-state index contributed by atoms with van der Waals surface area (Å²) < 4.78 is 27.2. The monoisotopic (exact) mass is 355 g/mol. The lowest BCUT2D eigenvalue weighted by molar-refractivity contribution is 0.0697. The van der Waals surface area contributed by atoms with E-state index < -0.39 is 29.2 Å². The molecule has 0 aliphatic heterocycles. The molecule has 2 aromatic carbocycles. The summed E-state index contributed by atoms with van der Waals surface area (Å²) in [4.78, 5) is 23.0. The summed E-state index contributed by atoms with van der Waals surface area (Å²) in [5, 5.41) is 11.1. The van der Waals surface area contributed by atoms with Crippen LogP contribution in [0.3, 0.4) is 0 Å². The molecule has 2 rings (SSSR count). The molecule has 7 heteroatoms. The molecule has 2 N–H and O–H groups in total. The molecule has 0 aliphatic rings. The van der Waals surface area contributed by atoms with Crippen LogP contribution in [0.15, 0.2) is 40.9 Å². The van der Waals surface area contributed by atoms with Gasteiger partial charge in [-0.3, -0.25) is 4.79 Å². The van der Waals surface area contributed by atoms with Crippen LogP contribution in [0.2, 0.25) is 0 Å².